The van der Waals surface area contributed by atoms with Gasteiger partial charge in [0.05, 0.1) is 35.7 Å². The van der Waals surface area contributed by atoms with Crippen molar-refractivity contribution in [3.05, 3.63) is 15.9 Å². The minimum Gasteiger partial charge on any atom is -0.379 e. The Balaban J connectivity index is 2.43. The number of aryl methyl sites for hydroxylation is 2. The number of nitrogens with zero attached hydrogens (tertiary/aromatic N) is 2. The molecule has 1 aromatic heterocycles. The van der Waals surface area contributed by atoms with Gasteiger partial charge in [0, 0.05) is 13.2 Å². The van der Waals surface area contributed by atoms with Gasteiger partial charge in [0.2, 0.25) is 0 Å². The lowest BCUT2D eigenvalue weighted by molar-refractivity contribution is 0.0383. The van der Waals surface area contributed by atoms with Crippen LogP contribution in [0.4, 0.5) is 0 Å². The van der Waals surface area contributed by atoms with Crippen molar-refractivity contribution in [2.24, 2.45) is 0 Å². The second-order valence-electron chi connectivity index (χ2n) is 4.04. The van der Waals surface area contributed by atoms with E-state index in [-0.39, 0.29) is 0 Å². The number of halogens is 1. The number of ether oxygens (including phenoxy) is 2. The van der Waals surface area contributed by atoms with Crippen LogP contribution in [0.2, 0.25) is 0 Å². The Hall–Kier alpha value is -0.390. The van der Waals surface area contributed by atoms with Gasteiger partial charge >= 0.3 is 0 Å². The molecule has 0 bridgehead atoms. The van der Waals surface area contributed by atoms with E-state index in [1.807, 2.05) is 4.68 Å². The van der Waals surface area contributed by atoms with E-state index in [0.717, 1.165) is 41.9 Å². The lowest BCUT2D eigenvalue weighted by Crippen LogP contribution is -2.08. The van der Waals surface area contributed by atoms with Gasteiger partial charge < -0.3 is 9.47 Å². The van der Waals surface area contributed by atoms with Crippen molar-refractivity contribution in [3.8, 4) is 0 Å². The van der Waals surface area contributed by atoms with Gasteiger partial charge in [0.1, 0.15) is 0 Å². The molecule has 0 amide bonds. The summed E-state index contributed by atoms with van der Waals surface area (Å²) in [5.74, 6) is 0. The van der Waals surface area contributed by atoms with E-state index in [1.54, 1.807) is 0 Å². The van der Waals surface area contributed by atoms with Crippen molar-refractivity contribution in [3.63, 3.8) is 0 Å². The first-order valence-electron chi connectivity index (χ1n) is 6.64. The lowest BCUT2D eigenvalue weighted by atomic mass is 10.3. The molecule has 0 radical (unpaired) electrons. The molecule has 1 heterocycles. The van der Waals surface area contributed by atoms with Crippen LogP contribution >= 0.6 is 15.9 Å². The van der Waals surface area contributed by atoms with Crippen molar-refractivity contribution in [2.45, 2.75) is 46.8 Å². The minimum absolute atomic E-state index is 0.580. The van der Waals surface area contributed by atoms with Crippen LogP contribution in [0.5, 0.6) is 0 Å². The molecular weight excluding hydrogens is 296 g/mol. The Morgan fingerprint density at radius 3 is 2.44 bits per heavy atom. The predicted octanol–water partition coefficient (Wildman–Crippen LogP) is 3.17. The number of rotatable bonds is 9. The van der Waals surface area contributed by atoms with E-state index in [2.05, 4.69) is 41.8 Å². The van der Waals surface area contributed by atoms with Crippen LogP contribution in [0.25, 0.3) is 0 Å². The van der Waals surface area contributed by atoms with Crippen molar-refractivity contribution < 1.29 is 9.47 Å². The van der Waals surface area contributed by atoms with E-state index < -0.39 is 0 Å². The topological polar surface area (TPSA) is 36.3 Å². The van der Waals surface area contributed by atoms with Crippen molar-refractivity contribution in [1.29, 1.82) is 0 Å². The van der Waals surface area contributed by atoms with Crippen LogP contribution in [0.3, 0.4) is 0 Å². The standard InChI is InChI=1S/C13H23BrN2O2/c1-4-7-17-8-9-18-10-12-13(14)11(5-2)15-16(12)6-3/h4-10H2,1-3H3. The Kier molecular flexibility index (Phi) is 7.54. The van der Waals surface area contributed by atoms with Crippen molar-refractivity contribution in [2.75, 3.05) is 19.8 Å². The number of hydrogen-bond donors (Lipinski definition) is 0. The maximum absolute atomic E-state index is 5.63. The summed E-state index contributed by atoms with van der Waals surface area (Å²) in [6.45, 7) is 9.84. The molecule has 0 atom stereocenters. The fourth-order valence-electron chi connectivity index (χ4n) is 1.69. The van der Waals surface area contributed by atoms with Crippen LogP contribution in [-0.4, -0.2) is 29.6 Å². The Bertz CT molecular complexity index is 353. The Labute approximate surface area is 118 Å². The average molecular weight is 319 g/mol. The summed E-state index contributed by atoms with van der Waals surface area (Å²) in [7, 11) is 0. The third kappa shape index (κ3) is 4.37. The monoisotopic (exact) mass is 318 g/mol. The van der Waals surface area contributed by atoms with Gasteiger partial charge in [-0.25, -0.2) is 0 Å². The summed E-state index contributed by atoms with van der Waals surface area (Å²) in [4.78, 5) is 0. The molecule has 0 spiro atoms. The molecule has 0 N–H and O–H groups in total. The summed E-state index contributed by atoms with van der Waals surface area (Å²) >= 11 is 3.60. The molecule has 1 rings (SSSR count). The highest BCUT2D eigenvalue weighted by molar-refractivity contribution is 9.10. The number of aromatic nitrogens is 2. The van der Waals surface area contributed by atoms with E-state index in [1.165, 1.54) is 0 Å². The van der Waals surface area contributed by atoms with E-state index in [0.29, 0.717) is 19.8 Å². The largest absolute Gasteiger partial charge is 0.379 e. The van der Waals surface area contributed by atoms with Crippen LogP contribution in [0, 0.1) is 0 Å². The highest BCUT2D eigenvalue weighted by Crippen LogP contribution is 2.22. The van der Waals surface area contributed by atoms with E-state index in [9.17, 15) is 0 Å². The second-order valence-corrected chi connectivity index (χ2v) is 4.83. The molecule has 18 heavy (non-hydrogen) atoms. The molecule has 0 unspecified atom stereocenters. The summed E-state index contributed by atoms with van der Waals surface area (Å²) in [5, 5.41) is 4.53. The molecule has 0 aliphatic carbocycles. The molecule has 104 valence electrons. The van der Waals surface area contributed by atoms with Gasteiger partial charge in [0.25, 0.3) is 0 Å². The van der Waals surface area contributed by atoms with Crippen LogP contribution in [0.1, 0.15) is 38.6 Å². The highest BCUT2D eigenvalue weighted by atomic mass is 79.9. The second kappa shape index (κ2) is 8.67. The Morgan fingerprint density at radius 2 is 1.83 bits per heavy atom. The molecule has 0 aliphatic heterocycles. The predicted molar refractivity (Wildman–Crippen MR) is 75.7 cm³/mol. The zero-order chi connectivity index (χ0) is 13.4. The van der Waals surface area contributed by atoms with Crippen molar-refractivity contribution in [1.82, 2.24) is 9.78 Å². The highest BCUT2D eigenvalue weighted by Gasteiger charge is 2.13. The zero-order valence-corrected chi connectivity index (χ0v) is 13.1. The van der Waals surface area contributed by atoms with E-state index >= 15 is 0 Å². The minimum atomic E-state index is 0.580. The first-order chi connectivity index (χ1) is 8.74. The third-order valence-corrected chi connectivity index (χ3v) is 3.57. The first kappa shape index (κ1) is 15.7. The third-order valence-electron chi connectivity index (χ3n) is 2.65. The van der Waals surface area contributed by atoms with Crippen LogP contribution in [0.15, 0.2) is 4.47 Å². The van der Waals surface area contributed by atoms with Crippen LogP contribution in [-0.2, 0) is 29.0 Å². The molecule has 4 nitrogen and oxygen atoms in total. The smallest absolute Gasteiger partial charge is 0.0897 e. The quantitative estimate of drug-likeness (QED) is 0.656. The van der Waals surface area contributed by atoms with Crippen LogP contribution < -0.4 is 0 Å². The zero-order valence-electron chi connectivity index (χ0n) is 11.5. The summed E-state index contributed by atoms with van der Waals surface area (Å²) in [5.41, 5.74) is 2.21. The normalized spacial score (nSPS) is 11.1. The van der Waals surface area contributed by atoms with Gasteiger partial charge in [-0.15, -0.1) is 0 Å². The van der Waals surface area contributed by atoms with Gasteiger partial charge in [-0.2, -0.15) is 5.10 Å². The summed E-state index contributed by atoms with van der Waals surface area (Å²) in [6.07, 6.45) is 1.98. The fourth-order valence-corrected chi connectivity index (χ4v) is 2.37. The molecule has 0 saturated carbocycles. The molecule has 5 heteroatoms. The summed E-state index contributed by atoms with van der Waals surface area (Å²) < 4.78 is 14.1. The fraction of sp³-hybridized carbons (Fsp3) is 0.769. The molecule has 0 saturated heterocycles. The van der Waals surface area contributed by atoms with Gasteiger partial charge in [-0.1, -0.05) is 13.8 Å². The number of hydrogen-bond acceptors (Lipinski definition) is 3. The summed E-state index contributed by atoms with van der Waals surface area (Å²) in [6, 6.07) is 0. The average Bonchev–Trinajstić information content (AvgIpc) is 2.70. The molecule has 1 aromatic rings. The maximum atomic E-state index is 5.63. The first-order valence-corrected chi connectivity index (χ1v) is 7.43. The molecule has 0 aliphatic rings. The SMILES string of the molecule is CCCOCCOCc1c(Br)c(CC)nn1CC. The van der Waals surface area contributed by atoms with E-state index in [4.69, 9.17) is 9.47 Å². The molecule has 0 aromatic carbocycles. The molecule has 0 fully saturated rings. The lowest BCUT2D eigenvalue weighted by Gasteiger charge is -2.07. The molecular formula is C13H23BrN2O2. The maximum Gasteiger partial charge on any atom is 0.0897 e. The van der Waals surface area contributed by atoms with Gasteiger partial charge in [0.15, 0.2) is 0 Å². The Morgan fingerprint density at radius 1 is 1.11 bits per heavy atom. The van der Waals surface area contributed by atoms with Gasteiger partial charge in [-0.05, 0) is 35.7 Å². The van der Waals surface area contributed by atoms with Crippen molar-refractivity contribution >= 4 is 15.9 Å². The van der Waals surface area contributed by atoms with Gasteiger partial charge in [-0.3, -0.25) is 4.68 Å².